The number of halogens is 2. The van der Waals surface area contributed by atoms with Gasteiger partial charge in [0.1, 0.15) is 5.82 Å². The summed E-state index contributed by atoms with van der Waals surface area (Å²) in [4.78, 5) is 13.4. The van der Waals surface area contributed by atoms with Gasteiger partial charge in [0.05, 0.1) is 5.69 Å². The molecule has 1 heterocycles. The number of fused-ring (bicyclic) bond motifs is 1. The molecule has 0 fully saturated rings. The van der Waals surface area contributed by atoms with Crippen LogP contribution in [0.15, 0.2) is 28.1 Å². The number of nitrogens with one attached hydrogen (secondary N) is 2. The van der Waals surface area contributed by atoms with E-state index in [0.717, 1.165) is 12.8 Å². The Morgan fingerprint density at radius 3 is 2.96 bits per heavy atom. The van der Waals surface area contributed by atoms with Crippen molar-refractivity contribution >= 4 is 39.0 Å². The number of carbonyl (C=O) groups excluding carboxylic acids is 1. The zero-order valence-electron chi connectivity index (χ0n) is 12.6. The maximum absolute atomic E-state index is 13.7. The molecule has 0 saturated heterocycles. The largest absolute Gasteiger partial charge is 0.338 e. The smallest absolute Gasteiger partial charge is 0.319 e. The maximum atomic E-state index is 13.7. The molecule has 0 unspecified atom stereocenters. The average Bonchev–Trinajstić information content (AvgIpc) is 2.94. The third-order valence-electron chi connectivity index (χ3n) is 4.01. The van der Waals surface area contributed by atoms with E-state index < -0.39 is 5.82 Å². The Morgan fingerprint density at radius 1 is 1.30 bits per heavy atom. The zero-order valence-corrected chi connectivity index (χ0v) is 15.0. The van der Waals surface area contributed by atoms with Gasteiger partial charge in [-0.3, -0.25) is 0 Å². The van der Waals surface area contributed by atoms with Crippen LogP contribution in [0.2, 0.25) is 0 Å². The lowest BCUT2D eigenvalue weighted by Crippen LogP contribution is -2.30. The number of rotatable bonds is 4. The molecule has 1 aromatic heterocycles. The van der Waals surface area contributed by atoms with Crippen LogP contribution in [0.1, 0.15) is 28.8 Å². The molecule has 2 aromatic rings. The minimum atomic E-state index is -0.457. The molecule has 0 atom stereocenters. The van der Waals surface area contributed by atoms with E-state index in [2.05, 4.69) is 31.9 Å². The highest BCUT2D eigenvalue weighted by atomic mass is 79.9. The number of benzene rings is 1. The highest BCUT2D eigenvalue weighted by Gasteiger charge is 2.15. The Hall–Kier alpha value is -1.40. The summed E-state index contributed by atoms with van der Waals surface area (Å²) in [7, 11) is 0. The SMILES string of the molecule is O=C(NCCc1csc2c1CCCC2)Nc1ccc(Br)cc1F. The van der Waals surface area contributed by atoms with Crippen LogP contribution >= 0.6 is 27.3 Å². The van der Waals surface area contributed by atoms with Gasteiger partial charge in [-0.05, 0) is 66.8 Å². The summed E-state index contributed by atoms with van der Waals surface area (Å²) in [6.45, 7) is 0.549. The van der Waals surface area contributed by atoms with Crippen LogP contribution in [0.3, 0.4) is 0 Å². The Balaban J connectivity index is 1.50. The van der Waals surface area contributed by atoms with E-state index in [4.69, 9.17) is 0 Å². The number of carbonyl (C=O) groups is 1. The lowest BCUT2D eigenvalue weighted by Gasteiger charge is -2.13. The molecule has 2 amide bonds. The summed E-state index contributed by atoms with van der Waals surface area (Å²) in [5.41, 5.74) is 3.01. The Bertz CT molecular complexity index is 717. The van der Waals surface area contributed by atoms with Crippen molar-refractivity contribution in [3.8, 4) is 0 Å². The predicted octanol–water partition coefficient (Wildman–Crippen LogP) is 4.89. The standard InChI is InChI=1S/C17H18BrFN2OS/c18-12-5-6-15(14(19)9-12)21-17(22)20-8-7-11-10-23-16-4-2-1-3-13(11)16/h5-6,9-10H,1-4,7-8H2,(H2,20,21,22). The lowest BCUT2D eigenvalue weighted by atomic mass is 9.95. The third kappa shape index (κ3) is 4.12. The van der Waals surface area contributed by atoms with Crippen LogP contribution in [0.5, 0.6) is 0 Å². The summed E-state index contributed by atoms with van der Waals surface area (Å²) >= 11 is 5.02. The molecule has 0 spiro atoms. The van der Waals surface area contributed by atoms with E-state index in [-0.39, 0.29) is 11.7 Å². The van der Waals surface area contributed by atoms with Gasteiger partial charge in [0.2, 0.25) is 0 Å². The van der Waals surface area contributed by atoms with Crippen molar-refractivity contribution in [1.29, 1.82) is 0 Å². The van der Waals surface area contributed by atoms with Crippen LogP contribution < -0.4 is 10.6 Å². The zero-order chi connectivity index (χ0) is 16.2. The second kappa shape index (κ2) is 7.45. The first-order chi connectivity index (χ1) is 11.1. The fourth-order valence-corrected chi connectivity index (χ4v) is 4.35. The van der Waals surface area contributed by atoms with E-state index in [1.54, 1.807) is 6.07 Å². The minimum Gasteiger partial charge on any atom is -0.338 e. The second-order valence-corrected chi connectivity index (χ2v) is 7.50. The van der Waals surface area contributed by atoms with E-state index in [1.807, 2.05) is 11.3 Å². The quantitative estimate of drug-likeness (QED) is 0.758. The molecule has 23 heavy (non-hydrogen) atoms. The molecule has 2 N–H and O–H groups in total. The van der Waals surface area contributed by atoms with Gasteiger partial charge < -0.3 is 10.6 Å². The number of aryl methyl sites for hydroxylation is 1. The fourth-order valence-electron chi connectivity index (χ4n) is 2.84. The van der Waals surface area contributed by atoms with Crippen molar-refractivity contribution in [3.63, 3.8) is 0 Å². The molecule has 3 rings (SSSR count). The molecule has 1 aliphatic rings. The summed E-state index contributed by atoms with van der Waals surface area (Å²) < 4.78 is 14.3. The van der Waals surface area contributed by atoms with Crippen LogP contribution in [0.25, 0.3) is 0 Å². The number of urea groups is 1. The first-order valence-electron chi connectivity index (χ1n) is 7.71. The first kappa shape index (κ1) is 16.5. The topological polar surface area (TPSA) is 41.1 Å². The molecule has 122 valence electrons. The fraction of sp³-hybridized carbons (Fsp3) is 0.353. The monoisotopic (exact) mass is 396 g/mol. The first-order valence-corrected chi connectivity index (χ1v) is 9.39. The molecule has 6 heteroatoms. The Labute approximate surface area is 147 Å². The van der Waals surface area contributed by atoms with Gasteiger partial charge in [-0.15, -0.1) is 11.3 Å². The van der Waals surface area contributed by atoms with Gasteiger partial charge in [-0.1, -0.05) is 15.9 Å². The summed E-state index contributed by atoms with van der Waals surface area (Å²) in [6.07, 6.45) is 5.71. The molecule has 0 aliphatic heterocycles. The van der Waals surface area contributed by atoms with Crippen molar-refractivity contribution in [1.82, 2.24) is 5.32 Å². The predicted molar refractivity (Wildman–Crippen MR) is 95.8 cm³/mol. The molecule has 1 aliphatic carbocycles. The Morgan fingerprint density at radius 2 is 2.13 bits per heavy atom. The molecule has 0 bridgehead atoms. The number of amides is 2. The van der Waals surface area contributed by atoms with Gasteiger partial charge in [-0.2, -0.15) is 0 Å². The summed E-state index contributed by atoms with van der Waals surface area (Å²) in [6, 6.07) is 4.17. The molecule has 3 nitrogen and oxygen atoms in total. The molecular weight excluding hydrogens is 379 g/mol. The van der Waals surface area contributed by atoms with Gasteiger partial charge in [0.25, 0.3) is 0 Å². The molecule has 0 saturated carbocycles. The van der Waals surface area contributed by atoms with E-state index in [9.17, 15) is 9.18 Å². The van der Waals surface area contributed by atoms with Gasteiger partial charge in [0, 0.05) is 15.9 Å². The van der Waals surface area contributed by atoms with Gasteiger partial charge in [-0.25, -0.2) is 9.18 Å². The van der Waals surface area contributed by atoms with Crippen molar-refractivity contribution in [3.05, 3.63) is 49.9 Å². The van der Waals surface area contributed by atoms with Gasteiger partial charge in [0.15, 0.2) is 0 Å². The van der Waals surface area contributed by atoms with Crippen LogP contribution in [0.4, 0.5) is 14.9 Å². The molecule has 0 radical (unpaired) electrons. The summed E-state index contributed by atoms with van der Waals surface area (Å²) in [5, 5.41) is 7.54. The normalized spacial score (nSPS) is 13.5. The number of hydrogen-bond acceptors (Lipinski definition) is 2. The average molecular weight is 397 g/mol. The van der Waals surface area contributed by atoms with Crippen LogP contribution in [0, 0.1) is 5.82 Å². The van der Waals surface area contributed by atoms with Crippen molar-refractivity contribution in [2.75, 3.05) is 11.9 Å². The highest BCUT2D eigenvalue weighted by molar-refractivity contribution is 9.10. The van der Waals surface area contributed by atoms with Crippen molar-refractivity contribution in [2.45, 2.75) is 32.1 Å². The van der Waals surface area contributed by atoms with Crippen molar-refractivity contribution in [2.24, 2.45) is 0 Å². The highest BCUT2D eigenvalue weighted by Crippen LogP contribution is 2.30. The number of hydrogen-bond donors (Lipinski definition) is 2. The number of anilines is 1. The second-order valence-electron chi connectivity index (χ2n) is 5.62. The third-order valence-corrected chi connectivity index (χ3v) is 5.64. The molecule has 1 aromatic carbocycles. The van der Waals surface area contributed by atoms with Gasteiger partial charge >= 0.3 is 6.03 Å². The molecular formula is C17H18BrFN2OS. The number of thiophene rings is 1. The van der Waals surface area contributed by atoms with E-state index in [1.165, 1.54) is 47.4 Å². The van der Waals surface area contributed by atoms with Crippen LogP contribution in [-0.2, 0) is 19.3 Å². The summed E-state index contributed by atoms with van der Waals surface area (Å²) in [5.74, 6) is -0.457. The Kier molecular flexibility index (Phi) is 5.33. The van der Waals surface area contributed by atoms with E-state index in [0.29, 0.717) is 11.0 Å². The van der Waals surface area contributed by atoms with Crippen LogP contribution in [-0.4, -0.2) is 12.6 Å². The minimum absolute atomic E-state index is 0.179. The van der Waals surface area contributed by atoms with E-state index >= 15 is 0 Å². The lowest BCUT2D eigenvalue weighted by molar-refractivity contribution is 0.252. The maximum Gasteiger partial charge on any atom is 0.319 e. The van der Waals surface area contributed by atoms with Crippen molar-refractivity contribution < 1.29 is 9.18 Å².